The van der Waals surface area contributed by atoms with Crippen LogP contribution in [-0.4, -0.2) is 28.6 Å². The summed E-state index contributed by atoms with van der Waals surface area (Å²) < 4.78 is 5.18. The Kier molecular flexibility index (Phi) is 5.94. The summed E-state index contributed by atoms with van der Waals surface area (Å²) in [6.07, 6.45) is 1.51. The minimum atomic E-state index is -1.18. The standard InChI is InChI=1S/C14H23NO3S/c1-5-19-12(10(2)3)13(16)15-9-14(4,17)11-7-6-8-18-11/h6-8,10,12,17H,5,9H2,1-4H3,(H,15,16). The van der Waals surface area contributed by atoms with E-state index in [1.807, 2.05) is 20.8 Å². The van der Waals surface area contributed by atoms with Crippen LogP contribution >= 0.6 is 11.8 Å². The van der Waals surface area contributed by atoms with Gasteiger partial charge in [0.05, 0.1) is 18.1 Å². The van der Waals surface area contributed by atoms with Crippen molar-refractivity contribution in [3.8, 4) is 0 Å². The van der Waals surface area contributed by atoms with Crippen molar-refractivity contribution >= 4 is 17.7 Å². The lowest BCUT2D eigenvalue weighted by molar-refractivity contribution is -0.122. The minimum absolute atomic E-state index is 0.0336. The molecule has 2 unspecified atom stereocenters. The molecule has 108 valence electrons. The highest BCUT2D eigenvalue weighted by molar-refractivity contribution is 8.00. The van der Waals surface area contributed by atoms with Crippen molar-refractivity contribution in [1.82, 2.24) is 5.32 Å². The first kappa shape index (κ1) is 16.1. The molecule has 1 amide bonds. The molecule has 0 aliphatic carbocycles. The second-order valence-electron chi connectivity index (χ2n) is 5.09. The van der Waals surface area contributed by atoms with Crippen LogP contribution in [0.5, 0.6) is 0 Å². The van der Waals surface area contributed by atoms with E-state index in [1.54, 1.807) is 30.8 Å². The van der Waals surface area contributed by atoms with E-state index >= 15 is 0 Å². The smallest absolute Gasteiger partial charge is 0.233 e. The Bertz CT molecular complexity index is 387. The third kappa shape index (κ3) is 4.58. The van der Waals surface area contributed by atoms with E-state index in [9.17, 15) is 9.90 Å². The second-order valence-corrected chi connectivity index (χ2v) is 6.51. The lowest BCUT2D eigenvalue weighted by atomic mass is 10.0. The van der Waals surface area contributed by atoms with Crippen LogP contribution in [0.2, 0.25) is 0 Å². The Balaban J connectivity index is 2.58. The molecular formula is C14H23NO3S. The topological polar surface area (TPSA) is 62.5 Å². The molecule has 1 aromatic rings. The number of amides is 1. The summed E-state index contributed by atoms with van der Waals surface area (Å²) in [6.45, 7) is 7.86. The molecule has 19 heavy (non-hydrogen) atoms. The lowest BCUT2D eigenvalue weighted by Gasteiger charge is -2.24. The van der Waals surface area contributed by atoms with Gasteiger partial charge in [0.25, 0.3) is 0 Å². The fourth-order valence-electron chi connectivity index (χ4n) is 1.78. The quantitative estimate of drug-likeness (QED) is 0.807. The average Bonchev–Trinajstić information content (AvgIpc) is 2.87. The normalized spacial score (nSPS) is 16.1. The summed E-state index contributed by atoms with van der Waals surface area (Å²) in [4.78, 5) is 12.1. The highest BCUT2D eigenvalue weighted by Crippen LogP contribution is 2.22. The maximum absolute atomic E-state index is 12.1. The van der Waals surface area contributed by atoms with Crippen LogP contribution < -0.4 is 5.32 Å². The number of carbonyl (C=O) groups excluding carboxylic acids is 1. The van der Waals surface area contributed by atoms with Crippen molar-refractivity contribution in [1.29, 1.82) is 0 Å². The number of hydrogen-bond acceptors (Lipinski definition) is 4. The summed E-state index contributed by atoms with van der Waals surface area (Å²) in [5.74, 6) is 1.58. The average molecular weight is 285 g/mol. The Morgan fingerprint density at radius 2 is 2.26 bits per heavy atom. The van der Waals surface area contributed by atoms with Gasteiger partial charge in [0.15, 0.2) is 0 Å². The molecular weight excluding hydrogens is 262 g/mol. The number of aliphatic hydroxyl groups is 1. The van der Waals surface area contributed by atoms with Crippen LogP contribution in [-0.2, 0) is 10.4 Å². The van der Waals surface area contributed by atoms with E-state index in [0.29, 0.717) is 5.76 Å². The number of nitrogens with one attached hydrogen (secondary N) is 1. The van der Waals surface area contributed by atoms with E-state index < -0.39 is 5.60 Å². The van der Waals surface area contributed by atoms with E-state index in [0.717, 1.165) is 5.75 Å². The second kappa shape index (κ2) is 7.01. The van der Waals surface area contributed by atoms with Crippen molar-refractivity contribution in [2.24, 2.45) is 5.92 Å². The minimum Gasteiger partial charge on any atom is -0.466 e. The van der Waals surface area contributed by atoms with Gasteiger partial charge in [-0.15, -0.1) is 11.8 Å². The number of carbonyl (C=O) groups is 1. The van der Waals surface area contributed by atoms with Gasteiger partial charge in [-0.1, -0.05) is 20.8 Å². The molecule has 0 saturated heterocycles. The number of thioether (sulfide) groups is 1. The van der Waals surface area contributed by atoms with Crippen molar-refractivity contribution in [3.05, 3.63) is 24.2 Å². The zero-order chi connectivity index (χ0) is 14.5. The van der Waals surface area contributed by atoms with Gasteiger partial charge < -0.3 is 14.8 Å². The van der Waals surface area contributed by atoms with Gasteiger partial charge in [0.1, 0.15) is 11.4 Å². The third-order valence-corrected chi connectivity index (χ3v) is 4.32. The zero-order valence-corrected chi connectivity index (χ0v) is 12.8. The SMILES string of the molecule is CCSC(C(=O)NCC(C)(O)c1ccco1)C(C)C. The molecule has 0 aliphatic rings. The van der Waals surface area contributed by atoms with Crippen LogP contribution in [0.4, 0.5) is 0 Å². The van der Waals surface area contributed by atoms with Crippen LogP contribution in [0.1, 0.15) is 33.5 Å². The molecule has 5 heteroatoms. The van der Waals surface area contributed by atoms with Crippen LogP contribution in [0.25, 0.3) is 0 Å². The summed E-state index contributed by atoms with van der Waals surface area (Å²) in [6, 6.07) is 3.42. The summed E-state index contributed by atoms with van der Waals surface area (Å²) in [5.41, 5.74) is -1.18. The first-order chi connectivity index (χ1) is 8.88. The van der Waals surface area contributed by atoms with Gasteiger partial charge >= 0.3 is 0 Å². The molecule has 1 aromatic heterocycles. The monoisotopic (exact) mass is 285 g/mol. The van der Waals surface area contributed by atoms with Crippen molar-refractivity contribution in [2.75, 3.05) is 12.3 Å². The van der Waals surface area contributed by atoms with Gasteiger partial charge in [0, 0.05) is 0 Å². The van der Waals surface area contributed by atoms with Gasteiger partial charge in [-0.2, -0.15) is 0 Å². The predicted octanol–water partition coefficient (Wildman–Crippen LogP) is 2.38. The van der Waals surface area contributed by atoms with E-state index in [1.165, 1.54) is 6.26 Å². The maximum Gasteiger partial charge on any atom is 0.233 e. The van der Waals surface area contributed by atoms with Gasteiger partial charge in [-0.05, 0) is 30.7 Å². The Hall–Kier alpha value is -0.940. The van der Waals surface area contributed by atoms with Crippen LogP contribution in [0.3, 0.4) is 0 Å². The van der Waals surface area contributed by atoms with Gasteiger partial charge in [-0.25, -0.2) is 0 Å². The molecule has 0 aromatic carbocycles. The third-order valence-electron chi connectivity index (χ3n) is 2.87. The summed E-state index contributed by atoms with van der Waals surface area (Å²) in [7, 11) is 0. The lowest BCUT2D eigenvalue weighted by Crippen LogP contribution is -2.43. The molecule has 0 radical (unpaired) electrons. The molecule has 0 saturated carbocycles. The maximum atomic E-state index is 12.1. The molecule has 1 heterocycles. The van der Waals surface area contributed by atoms with E-state index in [2.05, 4.69) is 5.32 Å². The fraction of sp³-hybridized carbons (Fsp3) is 0.643. The Labute approximate surface area is 119 Å². The molecule has 0 aliphatic heterocycles. The predicted molar refractivity (Wildman–Crippen MR) is 78.0 cm³/mol. The number of hydrogen-bond donors (Lipinski definition) is 2. The highest BCUT2D eigenvalue weighted by atomic mass is 32.2. The first-order valence-corrected chi connectivity index (χ1v) is 7.59. The fourth-order valence-corrected chi connectivity index (χ4v) is 2.76. The molecule has 0 spiro atoms. The molecule has 4 nitrogen and oxygen atoms in total. The molecule has 2 atom stereocenters. The highest BCUT2D eigenvalue weighted by Gasteiger charge is 2.29. The van der Waals surface area contributed by atoms with E-state index in [-0.39, 0.29) is 23.6 Å². The molecule has 0 bridgehead atoms. The Morgan fingerprint density at radius 1 is 1.58 bits per heavy atom. The largest absolute Gasteiger partial charge is 0.466 e. The molecule has 1 rings (SSSR count). The molecule has 0 fully saturated rings. The molecule has 2 N–H and O–H groups in total. The Morgan fingerprint density at radius 3 is 2.74 bits per heavy atom. The van der Waals surface area contributed by atoms with Crippen molar-refractivity contribution in [3.63, 3.8) is 0 Å². The van der Waals surface area contributed by atoms with Gasteiger partial charge in [-0.3, -0.25) is 4.79 Å². The summed E-state index contributed by atoms with van der Waals surface area (Å²) in [5, 5.41) is 13.0. The van der Waals surface area contributed by atoms with Crippen molar-refractivity contribution in [2.45, 2.75) is 38.5 Å². The number of furan rings is 1. The summed E-state index contributed by atoms with van der Waals surface area (Å²) >= 11 is 1.62. The first-order valence-electron chi connectivity index (χ1n) is 6.54. The zero-order valence-electron chi connectivity index (χ0n) is 12.0. The van der Waals surface area contributed by atoms with Crippen LogP contribution in [0, 0.1) is 5.92 Å². The van der Waals surface area contributed by atoms with Gasteiger partial charge in [0.2, 0.25) is 5.91 Å². The van der Waals surface area contributed by atoms with Crippen molar-refractivity contribution < 1.29 is 14.3 Å². The van der Waals surface area contributed by atoms with Crippen LogP contribution in [0.15, 0.2) is 22.8 Å². The van der Waals surface area contributed by atoms with E-state index in [4.69, 9.17) is 4.42 Å². The number of rotatable bonds is 7.